The fourth-order valence-corrected chi connectivity index (χ4v) is 5.97. The van der Waals surface area contributed by atoms with Crippen LogP contribution in [0.15, 0.2) is 84.9 Å². The zero-order valence-corrected chi connectivity index (χ0v) is 27.6. The molecule has 0 saturated heterocycles. The molecule has 0 amide bonds. The minimum atomic E-state index is -0.829. The van der Waals surface area contributed by atoms with Gasteiger partial charge in [-0.3, -0.25) is 0 Å². The van der Waals surface area contributed by atoms with Gasteiger partial charge in [0.15, 0.2) is 11.6 Å². The van der Waals surface area contributed by atoms with Gasteiger partial charge < -0.3 is 4.74 Å². The van der Waals surface area contributed by atoms with E-state index in [1.165, 1.54) is 89.0 Å². The van der Waals surface area contributed by atoms with Crippen molar-refractivity contribution in [2.24, 2.45) is 0 Å². The van der Waals surface area contributed by atoms with Crippen LogP contribution in [0.4, 0.5) is 8.78 Å². The Hall–Kier alpha value is -3.46. The summed E-state index contributed by atoms with van der Waals surface area (Å²) in [5, 5.41) is 0. The van der Waals surface area contributed by atoms with E-state index < -0.39 is 11.6 Å². The molecule has 0 bridgehead atoms. The first kappa shape index (κ1) is 34.4. The molecular weight excluding hydrogens is 558 g/mol. The second-order valence-electron chi connectivity index (χ2n) is 12.4. The first-order chi connectivity index (χ1) is 22.1. The molecule has 0 atom stereocenters. The van der Waals surface area contributed by atoms with E-state index in [0.29, 0.717) is 17.7 Å². The van der Waals surface area contributed by atoms with Crippen LogP contribution in [-0.2, 0) is 6.42 Å². The molecule has 0 saturated carbocycles. The van der Waals surface area contributed by atoms with Gasteiger partial charge in [0.25, 0.3) is 0 Å². The Labute approximate surface area is 271 Å². The van der Waals surface area contributed by atoms with Crippen molar-refractivity contribution in [2.75, 3.05) is 6.61 Å². The summed E-state index contributed by atoms with van der Waals surface area (Å²) in [6.07, 6.45) is 19.0. The largest absolute Gasteiger partial charge is 0.494 e. The lowest BCUT2D eigenvalue weighted by Crippen LogP contribution is -1.98. The van der Waals surface area contributed by atoms with Gasteiger partial charge in [-0.05, 0) is 59.2 Å². The van der Waals surface area contributed by atoms with Crippen molar-refractivity contribution in [1.29, 1.82) is 0 Å². The molecule has 0 fully saturated rings. The van der Waals surface area contributed by atoms with Crippen LogP contribution in [0.2, 0.25) is 0 Å². The molecule has 0 heterocycles. The van der Waals surface area contributed by atoms with Crippen LogP contribution in [0.3, 0.4) is 0 Å². The fourth-order valence-electron chi connectivity index (χ4n) is 5.97. The highest BCUT2D eigenvalue weighted by Gasteiger charge is 2.16. The standard InChI is InChI=1S/C42H52F2O/c1-3-5-7-9-11-12-14-16-32-45-38-28-26-37(27-29-38)40-31-30-39(41(43)42(40)44)36-24-22-35(23-25-36)34-20-18-33(19-21-34)17-15-13-10-8-6-4-2/h18-31H,3-17,32H2,1-2H3. The van der Waals surface area contributed by atoms with Crippen LogP contribution < -0.4 is 4.74 Å². The van der Waals surface area contributed by atoms with Gasteiger partial charge in [-0.15, -0.1) is 0 Å². The van der Waals surface area contributed by atoms with Crippen LogP contribution in [-0.4, -0.2) is 6.61 Å². The Morgan fingerprint density at radius 2 is 0.822 bits per heavy atom. The maximum absolute atomic E-state index is 15.3. The van der Waals surface area contributed by atoms with Crippen LogP contribution in [0.5, 0.6) is 5.75 Å². The second kappa shape index (κ2) is 19.1. The predicted octanol–water partition coefficient (Wildman–Crippen LogP) is 13.4. The molecular formula is C42H52F2O. The topological polar surface area (TPSA) is 9.23 Å². The number of rotatable bonds is 20. The number of benzene rings is 4. The van der Waals surface area contributed by atoms with E-state index in [2.05, 4.69) is 38.1 Å². The lowest BCUT2D eigenvalue weighted by Gasteiger charge is -2.11. The van der Waals surface area contributed by atoms with Gasteiger partial charge in [-0.2, -0.15) is 0 Å². The maximum atomic E-state index is 15.3. The normalized spacial score (nSPS) is 11.2. The molecule has 0 N–H and O–H groups in total. The lowest BCUT2D eigenvalue weighted by atomic mass is 9.96. The molecule has 1 nitrogen and oxygen atoms in total. The van der Waals surface area contributed by atoms with Gasteiger partial charge in [0.2, 0.25) is 0 Å². The van der Waals surface area contributed by atoms with Crippen molar-refractivity contribution >= 4 is 0 Å². The van der Waals surface area contributed by atoms with Crippen molar-refractivity contribution < 1.29 is 13.5 Å². The third kappa shape index (κ3) is 10.8. The predicted molar refractivity (Wildman–Crippen MR) is 188 cm³/mol. The average molecular weight is 611 g/mol. The quantitative estimate of drug-likeness (QED) is 0.0905. The van der Waals surface area contributed by atoms with Gasteiger partial charge in [0, 0.05) is 11.1 Å². The molecule has 4 aromatic carbocycles. The minimum Gasteiger partial charge on any atom is -0.494 e. The highest BCUT2D eigenvalue weighted by Crippen LogP contribution is 2.33. The van der Waals surface area contributed by atoms with Crippen LogP contribution in [0, 0.1) is 11.6 Å². The summed E-state index contributed by atoms with van der Waals surface area (Å²) in [7, 11) is 0. The van der Waals surface area contributed by atoms with Gasteiger partial charge in [0.1, 0.15) is 5.75 Å². The molecule has 0 aliphatic heterocycles. The van der Waals surface area contributed by atoms with E-state index in [4.69, 9.17) is 4.74 Å². The maximum Gasteiger partial charge on any atom is 0.167 e. The number of hydrogen-bond donors (Lipinski definition) is 0. The van der Waals surface area contributed by atoms with Crippen molar-refractivity contribution in [3.8, 4) is 39.1 Å². The Bertz CT molecular complexity index is 1390. The Kier molecular flexibility index (Phi) is 14.6. The Balaban J connectivity index is 1.29. The smallest absolute Gasteiger partial charge is 0.167 e. The van der Waals surface area contributed by atoms with Crippen molar-refractivity contribution in [3.05, 3.63) is 102 Å². The summed E-state index contributed by atoms with van der Waals surface area (Å²) in [4.78, 5) is 0. The average Bonchev–Trinajstić information content (AvgIpc) is 3.07. The van der Waals surface area contributed by atoms with E-state index in [1.807, 2.05) is 36.4 Å². The minimum absolute atomic E-state index is 0.253. The van der Waals surface area contributed by atoms with Crippen molar-refractivity contribution in [3.63, 3.8) is 0 Å². The summed E-state index contributed by atoms with van der Waals surface area (Å²) in [5.41, 5.74) is 5.36. The monoisotopic (exact) mass is 610 g/mol. The summed E-state index contributed by atoms with van der Waals surface area (Å²) in [6.45, 7) is 5.17. The number of hydrogen-bond acceptors (Lipinski definition) is 1. The lowest BCUT2D eigenvalue weighted by molar-refractivity contribution is 0.304. The molecule has 4 rings (SSSR count). The summed E-state index contributed by atoms with van der Waals surface area (Å²) >= 11 is 0. The fraction of sp³-hybridized carbons (Fsp3) is 0.429. The molecule has 0 spiro atoms. The Morgan fingerprint density at radius 3 is 1.33 bits per heavy atom. The van der Waals surface area contributed by atoms with E-state index in [1.54, 1.807) is 24.3 Å². The first-order valence-corrected chi connectivity index (χ1v) is 17.5. The van der Waals surface area contributed by atoms with E-state index >= 15 is 8.78 Å². The van der Waals surface area contributed by atoms with E-state index in [9.17, 15) is 0 Å². The SMILES string of the molecule is CCCCCCCCCCOc1ccc(-c2ccc(-c3ccc(-c4ccc(CCCCCCCC)cc4)cc3)c(F)c2F)cc1. The third-order valence-electron chi connectivity index (χ3n) is 8.82. The molecule has 240 valence electrons. The zero-order chi connectivity index (χ0) is 31.7. The summed E-state index contributed by atoms with van der Waals surface area (Å²) in [5.74, 6) is -0.897. The summed E-state index contributed by atoms with van der Waals surface area (Å²) in [6, 6.07) is 27.0. The van der Waals surface area contributed by atoms with Crippen molar-refractivity contribution in [1.82, 2.24) is 0 Å². The van der Waals surface area contributed by atoms with Gasteiger partial charge in [-0.25, -0.2) is 8.78 Å². The number of aryl methyl sites for hydroxylation is 1. The molecule has 45 heavy (non-hydrogen) atoms. The van der Waals surface area contributed by atoms with Crippen LogP contribution in [0.25, 0.3) is 33.4 Å². The van der Waals surface area contributed by atoms with E-state index in [0.717, 1.165) is 29.7 Å². The number of unbranched alkanes of at least 4 members (excludes halogenated alkanes) is 12. The first-order valence-electron chi connectivity index (χ1n) is 17.5. The molecule has 0 radical (unpaired) electrons. The van der Waals surface area contributed by atoms with E-state index in [-0.39, 0.29) is 11.1 Å². The number of halogens is 2. The second-order valence-corrected chi connectivity index (χ2v) is 12.4. The van der Waals surface area contributed by atoms with Crippen LogP contribution in [0.1, 0.15) is 109 Å². The Morgan fingerprint density at radius 1 is 0.422 bits per heavy atom. The molecule has 0 aromatic heterocycles. The van der Waals surface area contributed by atoms with Crippen LogP contribution >= 0.6 is 0 Å². The molecule has 0 unspecified atom stereocenters. The highest BCUT2D eigenvalue weighted by atomic mass is 19.2. The third-order valence-corrected chi connectivity index (χ3v) is 8.82. The van der Waals surface area contributed by atoms with Gasteiger partial charge in [-0.1, -0.05) is 164 Å². The molecule has 3 heteroatoms. The van der Waals surface area contributed by atoms with Gasteiger partial charge in [0.05, 0.1) is 6.61 Å². The zero-order valence-electron chi connectivity index (χ0n) is 27.6. The molecule has 0 aliphatic carbocycles. The highest BCUT2D eigenvalue weighted by molar-refractivity contribution is 5.74. The van der Waals surface area contributed by atoms with Crippen molar-refractivity contribution in [2.45, 2.75) is 110 Å². The molecule has 4 aromatic rings. The number of ether oxygens (including phenoxy) is 1. The summed E-state index contributed by atoms with van der Waals surface area (Å²) < 4.78 is 36.5. The molecule has 0 aliphatic rings. The van der Waals surface area contributed by atoms with Gasteiger partial charge >= 0.3 is 0 Å².